The number of aromatic nitrogens is 2. The Bertz CT molecular complexity index is 380. The van der Waals surface area contributed by atoms with Gasteiger partial charge in [0, 0.05) is 6.20 Å². The Hall–Kier alpha value is -1.10. The molecule has 0 fully saturated rings. The van der Waals surface area contributed by atoms with Gasteiger partial charge < -0.3 is 4.74 Å². The Balaban J connectivity index is 3.12. The predicted octanol–water partition coefficient (Wildman–Crippen LogP) is 2.50. The van der Waals surface area contributed by atoms with E-state index in [1.165, 1.54) is 11.8 Å². The summed E-state index contributed by atoms with van der Waals surface area (Å²) in [6, 6.07) is 0. The lowest BCUT2D eigenvalue weighted by molar-refractivity contribution is 0.0523. The van der Waals surface area contributed by atoms with Gasteiger partial charge in [-0.1, -0.05) is 25.6 Å². The molecule has 1 aromatic rings. The minimum absolute atomic E-state index is 0.174. The summed E-state index contributed by atoms with van der Waals surface area (Å²) in [5.41, 5.74) is 1.22. The Labute approximate surface area is 99.8 Å². The van der Waals surface area contributed by atoms with Gasteiger partial charge in [-0.05, 0) is 19.1 Å². The van der Waals surface area contributed by atoms with Crippen LogP contribution in [0.15, 0.2) is 11.4 Å². The van der Waals surface area contributed by atoms with Gasteiger partial charge in [0.15, 0.2) is 5.16 Å². The Morgan fingerprint density at radius 2 is 2.25 bits per heavy atom. The molecule has 4 nitrogen and oxygen atoms in total. The fourth-order valence-corrected chi connectivity index (χ4v) is 1.63. The zero-order valence-electron chi connectivity index (χ0n) is 9.98. The number of nitrogens with zero attached hydrogens (tertiary/aromatic N) is 2. The third-order valence-electron chi connectivity index (χ3n) is 2.02. The zero-order chi connectivity index (χ0) is 12.1. The van der Waals surface area contributed by atoms with Crippen LogP contribution >= 0.6 is 11.8 Å². The first kappa shape index (κ1) is 13.0. The van der Waals surface area contributed by atoms with Crippen molar-refractivity contribution >= 4 is 17.7 Å². The van der Waals surface area contributed by atoms with Crippen molar-refractivity contribution in [2.45, 2.75) is 31.8 Å². The van der Waals surface area contributed by atoms with E-state index in [-0.39, 0.29) is 11.9 Å². The van der Waals surface area contributed by atoms with Gasteiger partial charge in [0.05, 0.1) is 17.9 Å². The average molecular weight is 240 g/mol. The van der Waals surface area contributed by atoms with E-state index in [1.807, 2.05) is 20.1 Å². The molecule has 0 N–H and O–H groups in total. The largest absolute Gasteiger partial charge is 0.462 e. The standard InChI is InChI=1S/C11H16N2O2S/c1-5-15-10(14)8-6-12-11(16-4)13-9(8)7(2)3/h6-7H,5H2,1-4H3. The number of carbonyl (C=O) groups excluding carboxylic acids is 1. The van der Waals surface area contributed by atoms with Crippen LogP contribution < -0.4 is 0 Å². The lowest BCUT2D eigenvalue weighted by atomic mass is 10.1. The highest BCUT2D eigenvalue weighted by Gasteiger charge is 2.17. The molecule has 0 saturated carbocycles. The monoisotopic (exact) mass is 240 g/mol. The van der Waals surface area contributed by atoms with Gasteiger partial charge in [0.1, 0.15) is 0 Å². The molecule has 0 atom stereocenters. The molecule has 0 unspecified atom stereocenters. The maximum absolute atomic E-state index is 11.7. The quantitative estimate of drug-likeness (QED) is 0.460. The first-order chi connectivity index (χ1) is 7.60. The highest BCUT2D eigenvalue weighted by Crippen LogP contribution is 2.20. The van der Waals surface area contributed by atoms with E-state index < -0.39 is 0 Å². The fourth-order valence-electron chi connectivity index (χ4n) is 1.28. The molecule has 1 heterocycles. The smallest absolute Gasteiger partial charge is 0.341 e. The van der Waals surface area contributed by atoms with Crippen LogP contribution in [0.1, 0.15) is 42.7 Å². The second-order valence-electron chi connectivity index (χ2n) is 3.53. The van der Waals surface area contributed by atoms with Crippen LogP contribution in [-0.4, -0.2) is 28.8 Å². The van der Waals surface area contributed by atoms with Crippen molar-refractivity contribution in [2.24, 2.45) is 0 Å². The van der Waals surface area contributed by atoms with Gasteiger partial charge in [0.25, 0.3) is 0 Å². The van der Waals surface area contributed by atoms with E-state index in [0.717, 1.165) is 5.69 Å². The molecular weight excluding hydrogens is 224 g/mol. The fraction of sp³-hybridized carbons (Fsp3) is 0.545. The molecule has 0 spiro atoms. The molecule has 0 saturated heterocycles. The second kappa shape index (κ2) is 5.84. The van der Waals surface area contributed by atoms with Gasteiger partial charge >= 0.3 is 5.97 Å². The van der Waals surface area contributed by atoms with Gasteiger partial charge in [-0.25, -0.2) is 14.8 Å². The molecular formula is C11H16N2O2S. The second-order valence-corrected chi connectivity index (χ2v) is 4.30. The normalized spacial score (nSPS) is 10.6. The van der Waals surface area contributed by atoms with Crippen molar-refractivity contribution in [3.05, 3.63) is 17.5 Å². The number of thioether (sulfide) groups is 1. The first-order valence-corrected chi connectivity index (χ1v) is 6.40. The highest BCUT2D eigenvalue weighted by atomic mass is 32.2. The van der Waals surface area contributed by atoms with Gasteiger partial charge in [-0.3, -0.25) is 0 Å². The van der Waals surface area contributed by atoms with Crippen molar-refractivity contribution in [2.75, 3.05) is 12.9 Å². The SMILES string of the molecule is CCOC(=O)c1cnc(SC)nc1C(C)C. The van der Waals surface area contributed by atoms with Crippen molar-refractivity contribution in [3.8, 4) is 0 Å². The maximum Gasteiger partial charge on any atom is 0.341 e. The number of rotatable bonds is 4. The molecule has 5 heteroatoms. The molecule has 16 heavy (non-hydrogen) atoms. The molecule has 0 bridgehead atoms. The summed E-state index contributed by atoms with van der Waals surface area (Å²) in [7, 11) is 0. The molecule has 1 rings (SSSR count). The van der Waals surface area contributed by atoms with E-state index in [2.05, 4.69) is 9.97 Å². The third kappa shape index (κ3) is 2.95. The molecule has 0 radical (unpaired) electrons. The molecule has 0 aromatic carbocycles. The highest BCUT2D eigenvalue weighted by molar-refractivity contribution is 7.98. The summed E-state index contributed by atoms with van der Waals surface area (Å²) in [6.45, 7) is 6.13. The average Bonchev–Trinajstić information content (AvgIpc) is 2.28. The minimum Gasteiger partial charge on any atom is -0.462 e. The van der Waals surface area contributed by atoms with E-state index in [0.29, 0.717) is 17.3 Å². The molecule has 0 aliphatic rings. The van der Waals surface area contributed by atoms with Crippen molar-refractivity contribution < 1.29 is 9.53 Å². The van der Waals surface area contributed by atoms with Crippen LogP contribution in [0.25, 0.3) is 0 Å². The number of hydrogen-bond donors (Lipinski definition) is 0. The van der Waals surface area contributed by atoms with Crippen molar-refractivity contribution in [1.82, 2.24) is 9.97 Å². The number of esters is 1. The summed E-state index contributed by atoms with van der Waals surface area (Å²) < 4.78 is 4.97. The number of ether oxygens (including phenoxy) is 1. The minimum atomic E-state index is -0.348. The number of hydrogen-bond acceptors (Lipinski definition) is 5. The summed E-state index contributed by atoms with van der Waals surface area (Å²) >= 11 is 1.46. The Morgan fingerprint density at radius 3 is 2.75 bits per heavy atom. The molecule has 1 aromatic heterocycles. The van der Waals surface area contributed by atoms with Crippen molar-refractivity contribution in [3.63, 3.8) is 0 Å². The van der Waals surface area contributed by atoms with Crippen molar-refractivity contribution in [1.29, 1.82) is 0 Å². The van der Waals surface area contributed by atoms with Crippen LogP contribution in [0.3, 0.4) is 0 Å². The van der Waals surface area contributed by atoms with Crippen LogP contribution in [0.4, 0.5) is 0 Å². The maximum atomic E-state index is 11.7. The molecule has 88 valence electrons. The lowest BCUT2D eigenvalue weighted by Crippen LogP contribution is -2.12. The topological polar surface area (TPSA) is 52.1 Å². The van der Waals surface area contributed by atoms with Crippen LogP contribution in [-0.2, 0) is 4.74 Å². The zero-order valence-corrected chi connectivity index (χ0v) is 10.8. The third-order valence-corrected chi connectivity index (χ3v) is 2.58. The predicted molar refractivity (Wildman–Crippen MR) is 63.9 cm³/mol. The van der Waals surface area contributed by atoms with Crippen LogP contribution in [0.2, 0.25) is 0 Å². The Morgan fingerprint density at radius 1 is 1.56 bits per heavy atom. The molecule has 0 aliphatic carbocycles. The van der Waals surface area contributed by atoms with E-state index >= 15 is 0 Å². The number of carbonyl (C=O) groups is 1. The van der Waals surface area contributed by atoms with Gasteiger partial charge in [0.2, 0.25) is 0 Å². The van der Waals surface area contributed by atoms with Gasteiger partial charge in [-0.15, -0.1) is 0 Å². The van der Waals surface area contributed by atoms with E-state index in [9.17, 15) is 4.79 Å². The van der Waals surface area contributed by atoms with E-state index in [4.69, 9.17) is 4.74 Å². The summed E-state index contributed by atoms with van der Waals surface area (Å²) in [6.07, 6.45) is 3.45. The van der Waals surface area contributed by atoms with E-state index in [1.54, 1.807) is 13.1 Å². The summed E-state index contributed by atoms with van der Waals surface area (Å²) in [4.78, 5) is 20.1. The molecule has 0 amide bonds. The van der Waals surface area contributed by atoms with Crippen LogP contribution in [0.5, 0.6) is 0 Å². The summed E-state index contributed by atoms with van der Waals surface area (Å²) in [5.74, 6) is -0.174. The molecule has 0 aliphatic heterocycles. The Kier molecular flexibility index (Phi) is 4.73. The van der Waals surface area contributed by atoms with Crippen LogP contribution in [0, 0.1) is 0 Å². The van der Waals surface area contributed by atoms with Gasteiger partial charge in [-0.2, -0.15) is 0 Å². The summed E-state index contributed by atoms with van der Waals surface area (Å²) in [5, 5.41) is 0.678. The lowest BCUT2D eigenvalue weighted by Gasteiger charge is -2.11. The first-order valence-electron chi connectivity index (χ1n) is 5.18.